The van der Waals surface area contributed by atoms with Crippen LogP contribution in [-0.4, -0.2) is 37.6 Å². The summed E-state index contributed by atoms with van der Waals surface area (Å²) < 4.78 is 23.5. The molecule has 3 rings (SSSR count). The van der Waals surface area contributed by atoms with Crippen molar-refractivity contribution in [1.29, 1.82) is 0 Å². The normalized spacial score (nSPS) is 13.7. The van der Waals surface area contributed by atoms with E-state index in [0.717, 1.165) is 16.7 Å². The number of aliphatic imine (C=N–C) groups is 1. The van der Waals surface area contributed by atoms with Gasteiger partial charge in [-0.2, -0.15) is 0 Å². The van der Waals surface area contributed by atoms with Crippen LogP contribution in [0.3, 0.4) is 0 Å². The van der Waals surface area contributed by atoms with Crippen LogP contribution in [0.1, 0.15) is 28.4 Å². The first-order valence-electron chi connectivity index (χ1n) is 8.21. The van der Waals surface area contributed by atoms with Gasteiger partial charge in [0, 0.05) is 13.3 Å². The summed E-state index contributed by atoms with van der Waals surface area (Å²) in [5.41, 5.74) is 3.29. The van der Waals surface area contributed by atoms with Crippen molar-refractivity contribution in [2.75, 3.05) is 20.8 Å². The zero-order valence-corrected chi connectivity index (χ0v) is 14.7. The van der Waals surface area contributed by atoms with Crippen molar-refractivity contribution in [2.24, 2.45) is 4.99 Å². The molecule has 7 heteroatoms. The zero-order chi connectivity index (χ0) is 18.5. The Bertz CT molecular complexity index is 821. The summed E-state index contributed by atoms with van der Waals surface area (Å²) in [6.07, 6.45) is 1.82. The number of benzene rings is 1. The quantitative estimate of drug-likeness (QED) is 0.860. The minimum absolute atomic E-state index is 0.136. The Morgan fingerprint density at radius 2 is 2.08 bits per heavy atom. The summed E-state index contributed by atoms with van der Waals surface area (Å²) in [6.45, 7) is 0.817. The van der Waals surface area contributed by atoms with Crippen LogP contribution in [0.2, 0.25) is 0 Å². The highest BCUT2D eigenvalue weighted by atomic mass is 19.1. The SMILES string of the molecule is COC[C@@H](NC(=O)Cc1cc2c(cn1)C(OC)=NC2)c1ccc(F)cc1. The summed E-state index contributed by atoms with van der Waals surface area (Å²) >= 11 is 0. The van der Waals surface area contributed by atoms with Crippen molar-refractivity contribution in [3.63, 3.8) is 0 Å². The van der Waals surface area contributed by atoms with Gasteiger partial charge in [0.05, 0.1) is 44.0 Å². The Labute approximate surface area is 151 Å². The van der Waals surface area contributed by atoms with Crippen molar-refractivity contribution in [3.05, 3.63) is 64.7 Å². The number of carbonyl (C=O) groups is 1. The lowest BCUT2D eigenvalue weighted by Crippen LogP contribution is -2.32. The van der Waals surface area contributed by atoms with Crippen molar-refractivity contribution in [3.8, 4) is 0 Å². The maximum atomic E-state index is 13.1. The minimum Gasteiger partial charge on any atom is -0.481 e. The van der Waals surface area contributed by atoms with Gasteiger partial charge in [0.15, 0.2) is 0 Å². The van der Waals surface area contributed by atoms with E-state index in [2.05, 4.69) is 15.3 Å². The predicted octanol–water partition coefficient (Wildman–Crippen LogP) is 2.17. The average molecular weight is 357 g/mol. The number of amides is 1. The van der Waals surface area contributed by atoms with Crippen LogP contribution < -0.4 is 5.32 Å². The van der Waals surface area contributed by atoms with E-state index in [1.54, 1.807) is 32.5 Å². The van der Waals surface area contributed by atoms with Gasteiger partial charge in [0.25, 0.3) is 0 Å². The van der Waals surface area contributed by atoms with Gasteiger partial charge in [-0.1, -0.05) is 12.1 Å². The van der Waals surface area contributed by atoms with Crippen LogP contribution >= 0.6 is 0 Å². The first-order valence-corrected chi connectivity index (χ1v) is 8.21. The number of aromatic nitrogens is 1. The van der Waals surface area contributed by atoms with Gasteiger partial charge in [-0.25, -0.2) is 9.38 Å². The van der Waals surface area contributed by atoms with Crippen molar-refractivity contribution < 1.29 is 18.7 Å². The zero-order valence-electron chi connectivity index (χ0n) is 14.7. The largest absolute Gasteiger partial charge is 0.481 e. The first kappa shape index (κ1) is 18.0. The molecule has 1 aliphatic rings. The van der Waals surface area contributed by atoms with Crippen LogP contribution in [0.5, 0.6) is 0 Å². The number of methoxy groups -OCH3 is 2. The number of halogens is 1. The molecule has 1 aliphatic heterocycles. The molecule has 6 nitrogen and oxygen atoms in total. The molecule has 0 aliphatic carbocycles. The number of rotatable bonds is 6. The Morgan fingerprint density at radius 1 is 1.31 bits per heavy atom. The number of fused-ring (bicyclic) bond motifs is 1. The molecule has 0 bridgehead atoms. The van der Waals surface area contributed by atoms with Gasteiger partial charge >= 0.3 is 0 Å². The van der Waals surface area contributed by atoms with Gasteiger partial charge < -0.3 is 14.8 Å². The van der Waals surface area contributed by atoms with E-state index in [1.807, 2.05) is 6.07 Å². The van der Waals surface area contributed by atoms with E-state index >= 15 is 0 Å². The number of carbonyl (C=O) groups excluding carboxylic acids is 1. The molecule has 1 aromatic heterocycles. The number of pyridine rings is 1. The van der Waals surface area contributed by atoms with E-state index in [4.69, 9.17) is 9.47 Å². The van der Waals surface area contributed by atoms with Crippen LogP contribution in [-0.2, 0) is 27.2 Å². The number of hydrogen-bond acceptors (Lipinski definition) is 5. The van der Waals surface area contributed by atoms with E-state index in [9.17, 15) is 9.18 Å². The molecular formula is C19H20FN3O3. The third-order valence-corrected chi connectivity index (χ3v) is 4.15. The number of ether oxygens (including phenoxy) is 2. The molecular weight excluding hydrogens is 337 g/mol. The summed E-state index contributed by atoms with van der Waals surface area (Å²) in [5, 5.41) is 2.91. The molecule has 26 heavy (non-hydrogen) atoms. The molecule has 0 spiro atoms. The fourth-order valence-corrected chi connectivity index (χ4v) is 2.88. The lowest BCUT2D eigenvalue weighted by atomic mass is 10.1. The maximum Gasteiger partial charge on any atom is 0.226 e. The van der Waals surface area contributed by atoms with Crippen molar-refractivity contribution in [2.45, 2.75) is 19.0 Å². The lowest BCUT2D eigenvalue weighted by molar-refractivity contribution is -0.121. The molecule has 0 saturated carbocycles. The highest BCUT2D eigenvalue weighted by molar-refractivity contribution is 5.97. The van der Waals surface area contributed by atoms with Crippen LogP contribution in [0, 0.1) is 5.82 Å². The highest BCUT2D eigenvalue weighted by Crippen LogP contribution is 2.20. The molecule has 1 N–H and O–H groups in total. The molecule has 1 amide bonds. The second-order valence-electron chi connectivity index (χ2n) is 5.96. The van der Waals surface area contributed by atoms with Gasteiger partial charge in [0.2, 0.25) is 11.8 Å². The number of hydrogen-bond donors (Lipinski definition) is 1. The standard InChI is InChI=1S/C19H20FN3O3/c1-25-11-17(12-3-5-14(20)6-4-12)23-18(24)8-15-7-13-9-22-19(26-2)16(13)10-21-15/h3-7,10,17H,8-9,11H2,1-2H3,(H,23,24)/t17-/m1/s1. The average Bonchev–Trinajstić information content (AvgIpc) is 3.04. The smallest absolute Gasteiger partial charge is 0.226 e. The third-order valence-electron chi connectivity index (χ3n) is 4.15. The Kier molecular flexibility index (Phi) is 5.58. The third kappa shape index (κ3) is 4.05. The van der Waals surface area contributed by atoms with E-state index in [0.29, 0.717) is 24.7 Å². The first-order chi connectivity index (χ1) is 12.6. The van der Waals surface area contributed by atoms with E-state index in [-0.39, 0.29) is 24.2 Å². The molecule has 0 fully saturated rings. The second kappa shape index (κ2) is 8.05. The molecule has 0 unspecified atom stereocenters. The van der Waals surface area contributed by atoms with E-state index in [1.165, 1.54) is 12.1 Å². The van der Waals surface area contributed by atoms with Gasteiger partial charge in [-0.15, -0.1) is 0 Å². The van der Waals surface area contributed by atoms with Crippen LogP contribution in [0.4, 0.5) is 4.39 Å². The van der Waals surface area contributed by atoms with Gasteiger partial charge in [-0.3, -0.25) is 9.78 Å². The molecule has 1 aromatic carbocycles. The van der Waals surface area contributed by atoms with Crippen LogP contribution in [0.15, 0.2) is 41.5 Å². The summed E-state index contributed by atoms with van der Waals surface area (Å²) in [7, 11) is 3.12. The molecule has 2 heterocycles. The fourth-order valence-electron chi connectivity index (χ4n) is 2.88. The van der Waals surface area contributed by atoms with Gasteiger partial charge in [-0.05, 0) is 29.3 Å². The Morgan fingerprint density at radius 3 is 2.77 bits per heavy atom. The lowest BCUT2D eigenvalue weighted by Gasteiger charge is -2.18. The molecule has 136 valence electrons. The van der Waals surface area contributed by atoms with E-state index < -0.39 is 0 Å². The summed E-state index contributed by atoms with van der Waals surface area (Å²) in [6, 6.07) is 7.51. The second-order valence-corrected chi connectivity index (χ2v) is 5.96. The van der Waals surface area contributed by atoms with Gasteiger partial charge in [0.1, 0.15) is 5.82 Å². The highest BCUT2D eigenvalue weighted by Gasteiger charge is 2.19. The number of nitrogens with one attached hydrogen (secondary N) is 1. The molecule has 1 atom stereocenters. The molecule has 2 aromatic rings. The fraction of sp³-hybridized carbons (Fsp3) is 0.316. The minimum atomic E-state index is -0.356. The Balaban J connectivity index is 1.66. The Hall–Kier alpha value is -2.80. The van der Waals surface area contributed by atoms with Crippen molar-refractivity contribution >= 4 is 11.8 Å². The van der Waals surface area contributed by atoms with Crippen molar-refractivity contribution in [1.82, 2.24) is 10.3 Å². The topological polar surface area (TPSA) is 72.8 Å². The molecule has 0 saturated heterocycles. The monoisotopic (exact) mass is 357 g/mol. The maximum absolute atomic E-state index is 13.1. The summed E-state index contributed by atoms with van der Waals surface area (Å²) in [4.78, 5) is 21.0. The number of nitrogens with zero attached hydrogens (tertiary/aromatic N) is 2. The molecule has 0 radical (unpaired) electrons. The summed E-state index contributed by atoms with van der Waals surface area (Å²) in [5.74, 6) is 0.0610. The van der Waals surface area contributed by atoms with Crippen LogP contribution in [0.25, 0.3) is 0 Å². The predicted molar refractivity (Wildman–Crippen MR) is 94.4 cm³/mol.